The van der Waals surface area contributed by atoms with Gasteiger partial charge in [-0.2, -0.15) is 0 Å². The van der Waals surface area contributed by atoms with E-state index < -0.39 is 11.6 Å². The minimum absolute atomic E-state index is 0.0230. The van der Waals surface area contributed by atoms with Gasteiger partial charge in [-0.15, -0.1) is 0 Å². The molecule has 4 heteroatoms. The summed E-state index contributed by atoms with van der Waals surface area (Å²) in [5.74, 6) is -0.757. The molecule has 0 spiro atoms. The summed E-state index contributed by atoms with van der Waals surface area (Å²) in [4.78, 5) is 11.5. The highest BCUT2D eigenvalue weighted by atomic mass is 19.1. The van der Waals surface area contributed by atoms with E-state index in [-0.39, 0.29) is 17.5 Å². The van der Waals surface area contributed by atoms with E-state index in [1.807, 2.05) is 20.8 Å². The smallest absolute Gasteiger partial charge is 0.168 e. The molecule has 118 valence electrons. The van der Waals surface area contributed by atoms with Crippen molar-refractivity contribution in [1.82, 2.24) is 0 Å². The van der Waals surface area contributed by atoms with Crippen LogP contribution in [-0.2, 0) is 11.2 Å². The van der Waals surface area contributed by atoms with E-state index in [2.05, 4.69) is 0 Å². The highest BCUT2D eigenvalue weighted by molar-refractivity contribution is 5.80. The first-order chi connectivity index (χ1) is 9.95. The number of hydrogen-bond acceptors (Lipinski definition) is 2. The zero-order chi connectivity index (χ0) is 15.8. The van der Waals surface area contributed by atoms with Crippen molar-refractivity contribution >= 4 is 5.78 Å². The zero-order valence-electron chi connectivity index (χ0n) is 13.0. The predicted octanol–water partition coefficient (Wildman–Crippen LogP) is 4.69. The predicted molar refractivity (Wildman–Crippen MR) is 79.5 cm³/mol. The van der Waals surface area contributed by atoms with Gasteiger partial charge in [0.05, 0.1) is 6.61 Å². The number of ketones is 1. The topological polar surface area (TPSA) is 26.3 Å². The first kappa shape index (κ1) is 17.6. The van der Waals surface area contributed by atoms with Gasteiger partial charge in [-0.05, 0) is 37.3 Å². The van der Waals surface area contributed by atoms with Crippen LogP contribution < -0.4 is 4.74 Å². The van der Waals surface area contributed by atoms with Crippen LogP contribution in [0.25, 0.3) is 0 Å². The molecule has 2 nitrogen and oxygen atoms in total. The minimum Gasteiger partial charge on any atom is -0.490 e. The largest absolute Gasteiger partial charge is 0.490 e. The molecule has 0 saturated carbocycles. The number of carbonyl (C=O) groups excluding carboxylic acids is 1. The Morgan fingerprint density at radius 2 is 1.95 bits per heavy atom. The van der Waals surface area contributed by atoms with Gasteiger partial charge in [-0.1, -0.05) is 20.8 Å². The molecule has 0 aromatic heterocycles. The minimum atomic E-state index is -0.490. The summed E-state index contributed by atoms with van der Waals surface area (Å²) in [6.45, 7) is 6.00. The van der Waals surface area contributed by atoms with Gasteiger partial charge in [-0.25, -0.2) is 8.78 Å². The van der Waals surface area contributed by atoms with Crippen molar-refractivity contribution in [3.63, 3.8) is 0 Å². The standard InChI is InChI=1S/C17H24F2O2/c1-4-9-21-16-11-14(18)10-13(17(16)19)7-5-6-8-15(20)12(2)3/h10-12H,4-9H2,1-3H3. The summed E-state index contributed by atoms with van der Waals surface area (Å²) in [5, 5.41) is 0. The van der Waals surface area contributed by atoms with Gasteiger partial charge >= 0.3 is 0 Å². The van der Waals surface area contributed by atoms with Gasteiger partial charge in [0.25, 0.3) is 0 Å². The lowest BCUT2D eigenvalue weighted by molar-refractivity contribution is -0.122. The molecule has 0 heterocycles. The van der Waals surface area contributed by atoms with Gasteiger partial charge in [0, 0.05) is 18.4 Å². The van der Waals surface area contributed by atoms with Crippen molar-refractivity contribution in [1.29, 1.82) is 0 Å². The van der Waals surface area contributed by atoms with Crippen LogP contribution in [0.5, 0.6) is 5.75 Å². The molecule has 0 N–H and O–H groups in total. The molecule has 1 aromatic rings. The third kappa shape index (κ3) is 5.82. The summed E-state index contributed by atoms with van der Waals surface area (Å²) in [5.41, 5.74) is 0.318. The third-order valence-corrected chi connectivity index (χ3v) is 3.30. The molecule has 0 aliphatic heterocycles. The second-order valence-corrected chi connectivity index (χ2v) is 5.55. The lowest BCUT2D eigenvalue weighted by Gasteiger charge is -2.10. The molecule has 1 rings (SSSR count). The molecule has 0 radical (unpaired) electrons. The molecule has 0 atom stereocenters. The molecule has 0 aliphatic carbocycles. The van der Waals surface area contributed by atoms with E-state index in [4.69, 9.17) is 4.74 Å². The molecule has 1 aromatic carbocycles. The molecular formula is C17H24F2O2. The first-order valence-electron chi connectivity index (χ1n) is 7.59. The number of Topliss-reactive ketones (excluding diaryl/α,β-unsaturated/α-hetero) is 1. The zero-order valence-corrected chi connectivity index (χ0v) is 13.0. The Kier molecular flexibility index (Phi) is 7.34. The molecule has 21 heavy (non-hydrogen) atoms. The quantitative estimate of drug-likeness (QED) is 0.618. The molecular weight excluding hydrogens is 274 g/mol. The van der Waals surface area contributed by atoms with E-state index in [9.17, 15) is 13.6 Å². The molecule has 0 amide bonds. The lowest BCUT2D eigenvalue weighted by Crippen LogP contribution is -2.06. The Bertz CT molecular complexity index is 470. The summed E-state index contributed by atoms with van der Waals surface area (Å²) in [6.07, 6.45) is 3.00. The van der Waals surface area contributed by atoms with Crippen LogP contribution in [0.1, 0.15) is 52.0 Å². The Morgan fingerprint density at radius 3 is 2.57 bits per heavy atom. The normalized spacial score (nSPS) is 11.0. The fourth-order valence-corrected chi connectivity index (χ4v) is 2.02. The van der Waals surface area contributed by atoms with E-state index in [0.29, 0.717) is 37.9 Å². The van der Waals surface area contributed by atoms with Crippen LogP contribution >= 0.6 is 0 Å². The van der Waals surface area contributed by atoms with Gasteiger partial charge in [-0.3, -0.25) is 4.79 Å². The van der Waals surface area contributed by atoms with Crippen LogP contribution in [0.15, 0.2) is 12.1 Å². The summed E-state index contributed by atoms with van der Waals surface area (Å²) >= 11 is 0. The fourth-order valence-electron chi connectivity index (χ4n) is 2.02. The van der Waals surface area contributed by atoms with Gasteiger partial charge < -0.3 is 4.74 Å². The first-order valence-corrected chi connectivity index (χ1v) is 7.59. The van der Waals surface area contributed by atoms with E-state index in [1.165, 1.54) is 6.07 Å². The van der Waals surface area contributed by atoms with Crippen LogP contribution in [0, 0.1) is 17.6 Å². The van der Waals surface area contributed by atoms with E-state index in [0.717, 1.165) is 12.5 Å². The SMILES string of the molecule is CCCOc1cc(F)cc(CCCCC(=O)C(C)C)c1F. The van der Waals surface area contributed by atoms with Crippen LogP contribution in [-0.4, -0.2) is 12.4 Å². The van der Waals surface area contributed by atoms with Gasteiger partial charge in [0.1, 0.15) is 11.6 Å². The molecule has 0 bridgehead atoms. The Balaban J connectivity index is 2.58. The van der Waals surface area contributed by atoms with Crippen LogP contribution in [0.4, 0.5) is 8.78 Å². The molecule has 0 aliphatic rings. The number of benzene rings is 1. The molecule has 0 fully saturated rings. The second kappa shape index (κ2) is 8.75. The number of unbranched alkanes of at least 4 members (excludes halogenated alkanes) is 1. The van der Waals surface area contributed by atoms with Crippen molar-refractivity contribution in [2.75, 3.05) is 6.61 Å². The maximum atomic E-state index is 14.1. The van der Waals surface area contributed by atoms with Crippen molar-refractivity contribution < 1.29 is 18.3 Å². The van der Waals surface area contributed by atoms with Gasteiger partial charge in [0.2, 0.25) is 0 Å². The monoisotopic (exact) mass is 298 g/mol. The van der Waals surface area contributed by atoms with Crippen molar-refractivity contribution in [3.05, 3.63) is 29.3 Å². The van der Waals surface area contributed by atoms with Crippen molar-refractivity contribution in [2.24, 2.45) is 5.92 Å². The van der Waals surface area contributed by atoms with Gasteiger partial charge in [0.15, 0.2) is 11.6 Å². The summed E-state index contributed by atoms with van der Waals surface area (Å²) < 4.78 is 32.8. The maximum Gasteiger partial charge on any atom is 0.168 e. The molecule has 0 unspecified atom stereocenters. The average molecular weight is 298 g/mol. The fraction of sp³-hybridized carbons (Fsp3) is 0.588. The third-order valence-electron chi connectivity index (χ3n) is 3.30. The number of halogens is 2. The number of hydrogen-bond donors (Lipinski definition) is 0. The van der Waals surface area contributed by atoms with Crippen LogP contribution in [0.3, 0.4) is 0 Å². The highest BCUT2D eigenvalue weighted by Crippen LogP contribution is 2.24. The Hall–Kier alpha value is -1.45. The highest BCUT2D eigenvalue weighted by Gasteiger charge is 2.13. The number of rotatable bonds is 9. The number of ether oxygens (including phenoxy) is 1. The van der Waals surface area contributed by atoms with Crippen LogP contribution in [0.2, 0.25) is 0 Å². The van der Waals surface area contributed by atoms with E-state index in [1.54, 1.807) is 0 Å². The lowest BCUT2D eigenvalue weighted by atomic mass is 10.0. The number of aryl methyl sites for hydroxylation is 1. The maximum absolute atomic E-state index is 14.1. The van der Waals surface area contributed by atoms with E-state index >= 15 is 0 Å². The molecule has 0 saturated heterocycles. The summed E-state index contributed by atoms with van der Waals surface area (Å²) in [7, 11) is 0. The number of carbonyl (C=O) groups is 1. The summed E-state index contributed by atoms with van der Waals surface area (Å²) in [6, 6.07) is 2.29. The Labute approximate surface area is 125 Å². The Morgan fingerprint density at radius 1 is 1.24 bits per heavy atom. The average Bonchev–Trinajstić information content (AvgIpc) is 2.44. The van der Waals surface area contributed by atoms with Crippen molar-refractivity contribution in [2.45, 2.75) is 52.9 Å². The van der Waals surface area contributed by atoms with Crippen molar-refractivity contribution in [3.8, 4) is 5.75 Å². The second-order valence-electron chi connectivity index (χ2n) is 5.55.